The van der Waals surface area contributed by atoms with Gasteiger partial charge in [-0.2, -0.15) is 0 Å². The molecule has 0 radical (unpaired) electrons. The molecule has 5 nitrogen and oxygen atoms in total. The molecule has 132 valence electrons. The van der Waals surface area contributed by atoms with Crippen molar-refractivity contribution in [2.24, 2.45) is 7.05 Å². The van der Waals surface area contributed by atoms with E-state index in [1.807, 2.05) is 67.2 Å². The number of hydrogen-bond donors (Lipinski definition) is 2. The highest BCUT2D eigenvalue weighted by molar-refractivity contribution is 7.88. The lowest BCUT2D eigenvalue weighted by Crippen LogP contribution is -2.29. The molecule has 0 aliphatic carbocycles. The van der Waals surface area contributed by atoms with Crippen molar-refractivity contribution in [2.45, 2.75) is 18.8 Å². The standard InChI is InChI=1S/C19H22N2O3S/c1-14-4-3-5-15(10-14)13-25(23,24)20-12-19(22)17-6-7-18-16(11-17)8-9-21(18)2/h3-11,19-20,22H,12-13H2,1-2H3. The Balaban J connectivity index is 1.66. The second-order valence-corrected chi connectivity index (χ2v) is 8.16. The first-order chi connectivity index (χ1) is 11.8. The van der Waals surface area contributed by atoms with Gasteiger partial charge < -0.3 is 9.67 Å². The highest BCUT2D eigenvalue weighted by Crippen LogP contribution is 2.21. The summed E-state index contributed by atoms with van der Waals surface area (Å²) in [4.78, 5) is 0. The zero-order chi connectivity index (χ0) is 18.0. The SMILES string of the molecule is Cc1cccc(CS(=O)(=O)NCC(O)c2ccc3c(ccn3C)c2)c1. The molecule has 6 heteroatoms. The molecule has 25 heavy (non-hydrogen) atoms. The maximum absolute atomic E-state index is 12.2. The summed E-state index contributed by atoms with van der Waals surface area (Å²) >= 11 is 0. The van der Waals surface area contributed by atoms with Crippen LogP contribution in [0.2, 0.25) is 0 Å². The Morgan fingerprint density at radius 3 is 2.72 bits per heavy atom. The Morgan fingerprint density at radius 1 is 1.16 bits per heavy atom. The van der Waals surface area contributed by atoms with Crippen LogP contribution in [0.4, 0.5) is 0 Å². The molecule has 3 aromatic rings. The highest BCUT2D eigenvalue weighted by atomic mass is 32.2. The Labute approximate surface area is 148 Å². The van der Waals surface area contributed by atoms with Crippen LogP contribution >= 0.6 is 0 Å². The van der Waals surface area contributed by atoms with Crippen molar-refractivity contribution in [3.05, 3.63) is 71.4 Å². The second kappa shape index (κ2) is 7.00. The third kappa shape index (κ3) is 4.28. The van der Waals surface area contributed by atoms with E-state index in [1.165, 1.54) is 0 Å². The largest absolute Gasteiger partial charge is 0.387 e. The molecule has 0 spiro atoms. The molecule has 1 unspecified atom stereocenters. The van der Waals surface area contributed by atoms with Gasteiger partial charge in [-0.05, 0) is 41.6 Å². The van der Waals surface area contributed by atoms with Gasteiger partial charge in [-0.25, -0.2) is 13.1 Å². The van der Waals surface area contributed by atoms with Gasteiger partial charge >= 0.3 is 0 Å². The van der Waals surface area contributed by atoms with Crippen molar-refractivity contribution in [3.8, 4) is 0 Å². The monoisotopic (exact) mass is 358 g/mol. The predicted octanol–water partition coefficient (Wildman–Crippen LogP) is 2.64. The first kappa shape index (κ1) is 17.7. The van der Waals surface area contributed by atoms with E-state index in [-0.39, 0.29) is 12.3 Å². The average molecular weight is 358 g/mol. The summed E-state index contributed by atoms with van der Waals surface area (Å²) < 4.78 is 29.0. The van der Waals surface area contributed by atoms with Crippen LogP contribution in [0.5, 0.6) is 0 Å². The van der Waals surface area contributed by atoms with Crippen LogP contribution in [0.25, 0.3) is 10.9 Å². The summed E-state index contributed by atoms with van der Waals surface area (Å²) in [5.41, 5.74) is 3.50. The molecule has 0 aliphatic heterocycles. The number of aliphatic hydroxyl groups excluding tert-OH is 1. The second-order valence-electron chi connectivity index (χ2n) is 6.36. The van der Waals surface area contributed by atoms with Crippen molar-refractivity contribution in [1.29, 1.82) is 0 Å². The summed E-state index contributed by atoms with van der Waals surface area (Å²) in [7, 11) is -1.55. The number of benzene rings is 2. The summed E-state index contributed by atoms with van der Waals surface area (Å²) in [6.07, 6.45) is 1.06. The molecule has 1 heterocycles. The van der Waals surface area contributed by atoms with Gasteiger partial charge in [-0.3, -0.25) is 0 Å². The summed E-state index contributed by atoms with van der Waals surface area (Å²) in [6, 6.07) is 15.0. The average Bonchev–Trinajstić information content (AvgIpc) is 2.93. The lowest BCUT2D eigenvalue weighted by molar-refractivity contribution is 0.182. The minimum absolute atomic E-state index is 0.0491. The van der Waals surface area contributed by atoms with Gasteiger partial charge in [0.1, 0.15) is 0 Å². The quantitative estimate of drug-likeness (QED) is 0.712. The number of fused-ring (bicyclic) bond motifs is 1. The van der Waals surface area contributed by atoms with Gasteiger partial charge in [0.25, 0.3) is 0 Å². The van der Waals surface area contributed by atoms with Crippen LogP contribution in [0, 0.1) is 6.92 Å². The molecular formula is C19H22N2O3S. The Kier molecular flexibility index (Phi) is 4.94. The number of nitrogens with zero attached hydrogens (tertiary/aromatic N) is 1. The van der Waals surface area contributed by atoms with Gasteiger partial charge in [-0.1, -0.05) is 35.9 Å². The minimum Gasteiger partial charge on any atom is -0.387 e. The summed E-state index contributed by atoms with van der Waals surface area (Å²) in [5, 5.41) is 11.3. The molecule has 0 aliphatic rings. The predicted molar refractivity (Wildman–Crippen MR) is 99.7 cm³/mol. The van der Waals surface area contributed by atoms with Crippen LogP contribution < -0.4 is 4.72 Å². The van der Waals surface area contributed by atoms with Crippen molar-refractivity contribution >= 4 is 20.9 Å². The Morgan fingerprint density at radius 2 is 1.96 bits per heavy atom. The number of aryl methyl sites for hydroxylation is 2. The van der Waals surface area contributed by atoms with Crippen LogP contribution in [0.15, 0.2) is 54.7 Å². The third-order valence-electron chi connectivity index (χ3n) is 4.23. The molecule has 3 rings (SSSR count). The maximum Gasteiger partial charge on any atom is 0.215 e. The van der Waals surface area contributed by atoms with Crippen LogP contribution in [0.3, 0.4) is 0 Å². The first-order valence-corrected chi connectivity index (χ1v) is 9.75. The van der Waals surface area contributed by atoms with Crippen molar-refractivity contribution in [3.63, 3.8) is 0 Å². The minimum atomic E-state index is -3.51. The van der Waals surface area contributed by atoms with Gasteiger partial charge in [0, 0.05) is 25.3 Å². The van der Waals surface area contributed by atoms with Crippen LogP contribution in [0.1, 0.15) is 22.8 Å². The van der Waals surface area contributed by atoms with Gasteiger partial charge in [-0.15, -0.1) is 0 Å². The third-order valence-corrected chi connectivity index (χ3v) is 5.55. The number of nitrogens with one attached hydrogen (secondary N) is 1. The lowest BCUT2D eigenvalue weighted by Gasteiger charge is -2.13. The maximum atomic E-state index is 12.2. The van der Waals surface area contributed by atoms with Gasteiger partial charge in [0.05, 0.1) is 11.9 Å². The molecule has 0 saturated heterocycles. The van der Waals surface area contributed by atoms with E-state index < -0.39 is 16.1 Å². The van der Waals surface area contributed by atoms with Crippen molar-refractivity contribution in [2.75, 3.05) is 6.54 Å². The van der Waals surface area contributed by atoms with E-state index in [2.05, 4.69) is 4.72 Å². The molecule has 0 fully saturated rings. The van der Waals surface area contributed by atoms with E-state index in [0.29, 0.717) is 5.56 Å². The molecule has 1 aromatic heterocycles. The Bertz CT molecular complexity index is 993. The first-order valence-electron chi connectivity index (χ1n) is 8.10. The smallest absolute Gasteiger partial charge is 0.215 e. The fourth-order valence-electron chi connectivity index (χ4n) is 2.90. The number of hydrogen-bond acceptors (Lipinski definition) is 3. The van der Waals surface area contributed by atoms with Crippen LogP contribution in [-0.2, 0) is 22.8 Å². The zero-order valence-corrected chi connectivity index (χ0v) is 15.1. The zero-order valence-electron chi connectivity index (χ0n) is 14.3. The number of rotatable bonds is 6. The number of aliphatic hydroxyl groups is 1. The molecule has 1 atom stereocenters. The van der Waals surface area contributed by atoms with E-state index >= 15 is 0 Å². The van der Waals surface area contributed by atoms with Crippen molar-refractivity contribution < 1.29 is 13.5 Å². The molecule has 0 saturated carbocycles. The normalized spacial score (nSPS) is 13.2. The van der Waals surface area contributed by atoms with E-state index in [9.17, 15) is 13.5 Å². The fraction of sp³-hybridized carbons (Fsp3) is 0.263. The molecular weight excluding hydrogens is 336 g/mol. The lowest BCUT2D eigenvalue weighted by atomic mass is 10.1. The van der Waals surface area contributed by atoms with Gasteiger partial charge in [0.15, 0.2) is 0 Å². The highest BCUT2D eigenvalue weighted by Gasteiger charge is 2.15. The van der Waals surface area contributed by atoms with E-state index in [4.69, 9.17) is 0 Å². The van der Waals surface area contributed by atoms with E-state index in [0.717, 1.165) is 22.0 Å². The summed E-state index contributed by atoms with van der Waals surface area (Å²) in [6.45, 7) is 1.87. The molecule has 0 amide bonds. The van der Waals surface area contributed by atoms with Crippen molar-refractivity contribution in [1.82, 2.24) is 9.29 Å². The molecule has 0 bridgehead atoms. The van der Waals surface area contributed by atoms with Gasteiger partial charge in [0.2, 0.25) is 10.0 Å². The topological polar surface area (TPSA) is 71.3 Å². The molecule has 2 aromatic carbocycles. The fourth-order valence-corrected chi connectivity index (χ4v) is 4.04. The summed E-state index contributed by atoms with van der Waals surface area (Å²) in [5.74, 6) is -0.0981. The Hall–Kier alpha value is -2.15. The number of sulfonamides is 1. The molecule has 2 N–H and O–H groups in total. The number of aromatic nitrogens is 1. The van der Waals surface area contributed by atoms with Crippen LogP contribution in [-0.4, -0.2) is 24.6 Å². The van der Waals surface area contributed by atoms with E-state index in [1.54, 1.807) is 6.07 Å².